The van der Waals surface area contributed by atoms with Gasteiger partial charge in [-0.3, -0.25) is 0 Å². The van der Waals surface area contributed by atoms with Crippen molar-refractivity contribution in [3.63, 3.8) is 0 Å². The zero-order valence-electron chi connectivity index (χ0n) is 9.21. The molecule has 1 aromatic rings. The Morgan fingerprint density at radius 3 is 2.38 bits per heavy atom. The average Bonchev–Trinajstić information content (AvgIpc) is 3.01. The smallest absolute Gasteiger partial charge is 0.127 e. The van der Waals surface area contributed by atoms with Gasteiger partial charge in [0.05, 0.1) is 18.6 Å². The molecule has 1 saturated heterocycles. The number of nitrogens with two attached hydrogens (primary N) is 1. The highest BCUT2D eigenvalue weighted by atomic mass is 19.1. The second-order valence-corrected chi connectivity index (χ2v) is 5.04. The number of hydrogen-bond acceptors (Lipinski definition) is 2. The Morgan fingerprint density at radius 2 is 1.94 bits per heavy atom. The maximum Gasteiger partial charge on any atom is 0.127 e. The summed E-state index contributed by atoms with van der Waals surface area (Å²) in [7, 11) is 0. The molecule has 1 aromatic carbocycles. The maximum absolute atomic E-state index is 13.9. The van der Waals surface area contributed by atoms with Crippen LogP contribution in [0, 0.1) is 11.2 Å². The first-order valence-corrected chi connectivity index (χ1v) is 5.77. The molecule has 0 unspecified atom stereocenters. The van der Waals surface area contributed by atoms with E-state index in [0.717, 1.165) is 18.4 Å². The van der Waals surface area contributed by atoms with Crippen LogP contribution in [0.15, 0.2) is 24.3 Å². The Hall–Kier alpha value is -0.930. The summed E-state index contributed by atoms with van der Waals surface area (Å²) < 4.78 is 19.3. The van der Waals surface area contributed by atoms with Crippen LogP contribution in [0.1, 0.15) is 18.4 Å². The molecule has 3 rings (SSSR count). The highest BCUT2D eigenvalue weighted by molar-refractivity contribution is 5.36. The van der Waals surface area contributed by atoms with Crippen molar-refractivity contribution in [2.24, 2.45) is 11.1 Å². The molecular weight excluding hydrogens is 205 g/mol. The van der Waals surface area contributed by atoms with E-state index < -0.39 is 0 Å². The van der Waals surface area contributed by atoms with Crippen molar-refractivity contribution < 1.29 is 9.13 Å². The molecule has 0 bridgehead atoms. The zero-order valence-corrected chi connectivity index (χ0v) is 9.21. The second kappa shape index (κ2) is 3.28. The van der Waals surface area contributed by atoms with Crippen LogP contribution in [-0.2, 0) is 10.2 Å². The summed E-state index contributed by atoms with van der Waals surface area (Å²) in [4.78, 5) is 0. The lowest BCUT2D eigenvalue weighted by atomic mass is 9.66. The Balaban J connectivity index is 2.06. The molecule has 1 heterocycles. The van der Waals surface area contributed by atoms with Gasteiger partial charge >= 0.3 is 0 Å². The third kappa shape index (κ3) is 1.13. The molecule has 86 valence electrons. The minimum absolute atomic E-state index is 0.0907. The molecule has 16 heavy (non-hydrogen) atoms. The SMILES string of the molecule is NCC1(C2(c3ccccc3F)COC2)CC1. The van der Waals surface area contributed by atoms with Gasteiger partial charge < -0.3 is 10.5 Å². The van der Waals surface area contributed by atoms with Gasteiger partial charge in [0, 0.05) is 0 Å². The van der Waals surface area contributed by atoms with E-state index in [1.807, 2.05) is 12.1 Å². The molecule has 0 spiro atoms. The lowest BCUT2D eigenvalue weighted by Gasteiger charge is -2.48. The predicted molar refractivity (Wildman–Crippen MR) is 59.6 cm³/mol. The minimum atomic E-state index is -0.160. The standard InChI is InChI=1S/C13H16FNO/c14-11-4-2-1-3-10(11)13(8-16-9-13)12(7-15)5-6-12/h1-4H,5-9,15H2. The first-order chi connectivity index (χ1) is 7.74. The molecule has 0 radical (unpaired) electrons. The summed E-state index contributed by atoms with van der Waals surface area (Å²) in [6.45, 7) is 1.86. The fourth-order valence-corrected chi connectivity index (χ4v) is 2.93. The fourth-order valence-electron chi connectivity index (χ4n) is 2.93. The van der Waals surface area contributed by atoms with Gasteiger partial charge in [0.1, 0.15) is 5.82 Å². The predicted octanol–water partition coefficient (Wildman–Crippen LogP) is 1.83. The van der Waals surface area contributed by atoms with E-state index in [4.69, 9.17) is 10.5 Å². The quantitative estimate of drug-likeness (QED) is 0.845. The fraction of sp³-hybridized carbons (Fsp3) is 0.538. The van der Waals surface area contributed by atoms with Crippen molar-refractivity contribution in [1.82, 2.24) is 0 Å². The highest BCUT2D eigenvalue weighted by Crippen LogP contribution is 2.62. The third-order valence-corrected chi connectivity index (χ3v) is 4.35. The number of benzene rings is 1. The van der Waals surface area contributed by atoms with Crippen LogP contribution in [0.3, 0.4) is 0 Å². The van der Waals surface area contributed by atoms with Crippen molar-refractivity contribution in [2.45, 2.75) is 18.3 Å². The van der Waals surface area contributed by atoms with E-state index in [-0.39, 0.29) is 16.6 Å². The van der Waals surface area contributed by atoms with Crippen LogP contribution in [0.25, 0.3) is 0 Å². The van der Waals surface area contributed by atoms with E-state index in [1.54, 1.807) is 6.07 Å². The van der Waals surface area contributed by atoms with Crippen LogP contribution in [0.2, 0.25) is 0 Å². The van der Waals surface area contributed by atoms with Crippen molar-refractivity contribution >= 4 is 0 Å². The van der Waals surface area contributed by atoms with Gasteiger partial charge in [0.2, 0.25) is 0 Å². The molecule has 1 aliphatic heterocycles. The van der Waals surface area contributed by atoms with E-state index >= 15 is 0 Å². The van der Waals surface area contributed by atoms with Crippen LogP contribution in [-0.4, -0.2) is 19.8 Å². The normalized spacial score (nSPS) is 24.9. The van der Waals surface area contributed by atoms with Gasteiger partial charge in [-0.05, 0) is 36.4 Å². The Labute approximate surface area is 94.6 Å². The van der Waals surface area contributed by atoms with E-state index in [9.17, 15) is 4.39 Å². The molecule has 1 saturated carbocycles. The molecule has 2 N–H and O–H groups in total. The largest absolute Gasteiger partial charge is 0.379 e. The zero-order chi connectivity index (χ0) is 11.2. The van der Waals surface area contributed by atoms with Gasteiger partial charge in [-0.25, -0.2) is 4.39 Å². The Bertz CT molecular complexity index is 410. The summed E-state index contributed by atoms with van der Waals surface area (Å²) in [6.07, 6.45) is 2.20. The van der Waals surface area contributed by atoms with Crippen LogP contribution >= 0.6 is 0 Å². The molecule has 2 aliphatic rings. The van der Waals surface area contributed by atoms with Crippen molar-refractivity contribution in [3.05, 3.63) is 35.6 Å². The number of ether oxygens (including phenoxy) is 1. The van der Waals surface area contributed by atoms with E-state index in [0.29, 0.717) is 19.8 Å². The summed E-state index contributed by atoms with van der Waals surface area (Å²) >= 11 is 0. The van der Waals surface area contributed by atoms with E-state index in [2.05, 4.69) is 0 Å². The lowest BCUT2D eigenvalue weighted by Crippen LogP contribution is -2.56. The van der Waals surface area contributed by atoms with Crippen molar-refractivity contribution in [1.29, 1.82) is 0 Å². The Kier molecular flexibility index (Phi) is 2.10. The Morgan fingerprint density at radius 1 is 1.25 bits per heavy atom. The number of rotatable bonds is 3. The van der Waals surface area contributed by atoms with Gasteiger partial charge in [0.25, 0.3) is 0 Å². The summed E-state index contributed by atoms with van der Waals surface area (Å²) in [5.41, 5.74) is 6.60. The molecule has 1 aliphatic carbocycles. The molecular formula is C13H16FNO. The monoisotopic (exact) mass is 221 g/mol. The van der Waals surface area contributed by atoms with Crippen molar-refractivity contribution in [3.8, 4) is 0 Å². The molecule has 3 heteroatoms. The molecule has 2 fully saturated rings. The maximum atomic E-state index is 13.9. The minimum Gasteiger partial charge on any atom is -0.379 e. The van der Waals surface area contributed by atoms with Crippen LogP contribution in [0.4, 0.5) is 4.39 Å². The van der Waals surface area contributed by atoms with Gasteiger partial charge in [0.15, 0.2) is 0 Å². The van der Waals surface area contributed by atoms with E-state index in [1.165, 1.54) is 6.07 Å². The average molecular weight is 221 g/mol. The molecule has 2 nitrogen and oxygen atoms in total. The molecule has 0 atom stereocenters. The molecule has 0 amide bonds. The lowest BCUT2D eigenvalue weighted by molar-refractivity contribution is -0.0988. The second-order valence-electron chi connectivity index (χ2n) is 5.04. The number of halogens is 1. The van der Waals surface area contributed by atoms with Crippen LogP contribution in [0.5, 0.6) is 0 Å². The van der Waals surface area contributed by atoms with Gasteiger partial charge in [-0.2, -0.15) is 0 Å². The third-order valence-electron chi connectivity index (χ3n) is 4.35. The first-order valence-electron chi connectivity index (χ1n) is 5.77. The number of hydrogen-bond donors (Lipinski definition) is 1. The first kappa shape index (κ1) is 10.2. The summed E-state index contributed by atoms with van der Waals surface area (Å²) in [5, 5.41) is 0. The topological polar surface area (TPSA) is 35.2 Å². The molecule has 0 aromatic heterocycles. The van der Waals surface area contributed by atoms with Gasteiger partial charge in [-0.1, -0.05) is 18.2 Å². The summed E-state index contributed by atoms with van der Waals surface area (Å²) in [5.74, 6) is -0.120. The highest BCUT2D eigenvalue weighted by Gasteiger charge is 2.63. The van der Waals surface area contributed by atoms with Gasteiger partial charge in [-0.15, -0.1) is 0 Å². The van der Waals surface area contributed by atoms with Crippen LogP contribution < -0.4 is 5.73 Å². The summed E-state index contributed by atoms with van der Waals surface area (Å²) in [6, 6.07) is 7.04. The van der Waals surface area contributed by atoms with Crippen molar-refractivity contribution in [2.75, 3.05) is 19.8 Å².